The summed E-state index contributed by atoms with van der Waals surface area (Å²) in [6.45, 7) is 2.37. The van der Waals surface area contributed by atoms with E-state index in [0.717, 1.165) is 115 Å². The second-order valence-corrected chi connectivity index (χ2v) is 46.8. The van der Waals surface area contributed by atoms with Crippen molar-refractivity contribution in [3.05, 3.63) is 340 Å². The molecule has 14 aromatic rings. The van der Waals surface area contributed by atoms with E-state index in [0.29, 0.717) is 39.6 Å². The van der Waals surface area contributed by atoms with Crippen molar-refractivity contribution in [3.63, 3.8) is 0 Å². The van der Waals surface area contributed by atoms with E-state index in [-0.39, 0.29) is 73.5 Å². The first kappa shape index (κ1) is 93.3. The molecule has 0 aliphatic heterocycles. The largest absolute Gasteiger partial charge is 0.508 e. The molecule has 14 rings (SSSR count). The maximum atomic E-state index is 9.98. The lowest BCUT2D eigenvalue weighted by Crippen LogP contribution is -2.12. The quantitative estimate of drug-likeness (QED) is 0.0101. The number of ether oxygens (including phenoxy) is 6. The van der Waals surface area contributed by atoms with Gasteiger partial charge in [0.15, 0.2) is 0 Å². The summed E-state index contributed by atoms with van der Waals surface area (Å²) in [5.41, 5.74) is 0. The number of hydrogen-bond acceptors (Lipinski definition) is 28. The summed E-state index contributed by atoms with van der Waals surface area (Å²) >= 11 is 23.6. The summed E-state index contributed by atoms with van der Waals surface area (Å²) in [6.07, 6.45) is 0. The van der Waals surface area contributed by atoms with E-state index in [1.165, 1.54) is 0 Å². The van der Waals surface area contributed by atoms with Gasteiger partial charge in [-0.3, -0.25) is 0 Å². The van der Waals surface area contributed by atoms with Crippen molar-refractivity contribution in [2.75, 3.05) is 51.1 Å². The molecular weight excluding hydrogens is 1850 g/mol. The Labute approximate surface area is 793 Å². The minimum Gasteiger partial charge on any atom is -0.508 e. The molecule has 0 bridgehead atoms. The van der Waals surface area contributed by atoms with Gasteiger partial charge >= 0.3 is 0 Å². The zero-order valence-electron chi connectivity index (χ0n) is 67.2. The van der Waals surface area contributed by atoms with Crippen LogP contribution >= 0.6 is 165 Å². The molecule has 0 radical (unpaired) electrons. The van der Waals surface area contributed by atoms with Gasteiger partial charge in [-0.2, -0.15) is 0 Å². The van der Waals surface area contributed by atoms with E-state index in [2.05, 4.69) is 72.8 Å². The van der Waals surface area contributed by atoms with Crippen molar-refractivity contribution < 1.29 is 69.3 Å². The van der Waals surface area contributed by atoms with Crippen LogP contribution in [0.3, 0.4) is 0 Å². The van der Waals surface area contributed by atoms with E-state index >= 15 is 0 Å². The van der Waals surface area contributed by atoms with Gasteiger partial charge in [-0.25, -0.2) is 0 Å². The van der Waals surface area contributed by atoms with E-state index < -0.39 is 0 Å². The van der Waals surface area contributed by atoms with Crippen LogP contribution in [0.2, 0.25) is 0 Å². The molecule has 0 aromatic heterocycles. The van der Waals surface area contributed by atoms with E-state index in [1.807, 2.05) is 170 Å². The molecule has 0 saturated carbocycles. The van der Waals surface area contributed by atoms with Crippen LogP contribution in [0.15, 0.2) is 408 Å². The predicted molar refractivity (Wildman–Crippen MR) is 531 cm³/mol. The lowest BCUT2D eigenvalue weighted by molar-refractivity contribution is 0.336. The minimum absolute atomic E-state index is 0.0450. The number of phenols is 8. The molecule has 0 saturated heterocycles. The van der Waals surface area contributed by atoms with Crippen LogP contribution < -0.4 is 28.4 Å². The van der Waals surface area contributed by atoms with Crippen LogP contribution in [0.4, 0.5) is 0 Å². The Morgan fingerprint density at radius 3 is 0.365 bits per heavy atom. The van der Waals surface area contributed by atoms with Crippen molar-refractivity contribution >= 4 is 165 Å². The van der Waals surface area contributed by atoms with Gasteiger partial charge in [-0.15, -0.1) is 165 Å². The fourth-order valence-corrected chi connectivity index (χ4v) is 27.3. The Morgan fingerprint density at radius 1 is 0.143 bits per heavy atom. The third-order valence-electron chi connectivity index (χ3n) is 17.8. The third-order valence-corrected chi connectivity index (χ3v) is 34.9. The summed E-state index contributed by atoms with van der Waals surface area (Å²) in [6, 6.07) is 106. The second kappa shape index (κ2) is 49.1. The van der Waals surface area contributed by atoms with Crippen LogP contribution in [-0.4, -0.2) is 119 Å². The number of thioether (sulfide) groups is 14. The van der Waals surface area contributed by atoms with E-state index in [1.54, 1.807) is 262 Å². The van der Waals surface area contributed by atoms with E-state index in [9.17, 15) is 40.9 Å². The molecule has 14 aromatic carbocycles. The Hall–Kier alpha value is -8.82. The van der Waals surface area contributed by atoms with Gasteiger partial charge < -0.3 is 69.3 Å². The predicted octanol–water partition coefficient (Wildman–Crippen LogP) is 28.0. The number of hydrogen-bond donors (Lipinski definition) is 8. The number of rotatable bonds is 47. The fraction of sp³-hybridized carbons (Fsp3) is 0.143. The summed E-state index contributed by atoms with van der Waals surface area (Å²) in [5.74, 6) is 7.88. The number of aromatic hydroxyl groups is 8. The van der Waals surface area contributed by atoms with Gasteiger partial charge in [0, 0.05) is 80.0 Å². The molecule has 14 nitrogen and oxygen atoms in total. The highest BCUT2D eigenvalue weighted by Gasteiger charge is 2.23. The highest BCUT2D eigenvalue weighted by Crippen LogP contribution is 2.46. The summed E-state index contributed by atoms with van der Waals surface area (Å²) in [4.78, 5) is 14.4. The van der Waals surface area contributed by atoms with Crippen molar-refractivity contribution in [3.8, 4) is 80.5 Å². The monoisotopic (exact) mass is 1930 g/mol. The van der Waals surface area contributed by atoms with Crippen molar-refractivity contribution in [2.45, 2.75) is 96.0 Å². The van der Waals surface area contributed by atoms with Gasteiger partial charge in [-0.1, -0.05) is 0 Å². The van der Waals surface area contributed by atoms with Gasteiger partial charge in [-0.05, 0) is 340 Å². The lowest BCUT2D eigenvalue weighted by atomic mass is 10.3. The maximum Gasteiger partial charge on any atom is 0.119 e. The first-order chi connectivity index (χ1) is 61.5. The standard InChI is InChI=1S/C98H86O14S14/c99-65-1-29-81(30-2-65)115-93(116-82-31-3-66(100)4-32-82)59-109-75-21-49-89(50-22-75)123-97(124-90-51-23-76(24-52-90)110-60-94(117-83-33-5-67(101)6-34-83)118-84-35-7-68(102)8-36-84)63-107-73-17-45-79(46-18-73)113-57-58-114-80-47-19-74(20-48-80)108-64-98(125-91-53-25-77(26-54-91)111-61-95(119-85-37-9-69(103)10-38-85)120-86-39-11-70(104)12-40-86)126-92-55-27-78(28-56-92)112-62-96(121-87-41-13-71(105)14-42-87)122-88-43-15-72(106)16-44-88/h1-56,93-106H,57-64H2. The lowest BCUT2D eigenvalue weighted by Gasteiger charge is -2.19. The van der Waals surface area contributed by atoms with Crippen molar-refractivity contribution in [2.24, 2.45) is 0 Å². The molecule has 28 heteroatoms. The first-order valence-corrected chi connectivity index (χ1v) is 52.0. The Kier molecular flexibility index (Phi) is 36.4. The van der Waals surface area contributed by atoms with Crippen molar-refractivity contribution in [1.82, 2.24) is 0 Å². The number of benzene rings is 14. The Morgan fingerprint density at radius 2 is 0.246 bits per heavy atom. The van der Waals surface area contributed by atoms with Gasteiger partial charge in [0.2, 0.25) is 0 Å². The highest BCUT2D eigenvalue weighted by atomic mass is 32.2. The normalized spacial score (nSPS) is 11.4. The molecule has 0 unspecified atom stereocenters. The van der Waals surface area contributed by atoms with Crippen LogP contribution in [0, 0.1) is 0 Å². The summed E-state index contributed by atoms with van der Waals surface area (Å²) in [5, 5.41) is 79.8. The van der Waals surface area contributed by atoms with Crippen LogP contribution in [0.1, 0.15) is 0 Å². The Bertz CT molecular complexity index is 4750. The molecular formula is C98H86O14S14. The smallest absolute Gasteiger partial charge is 0.119 e. The second-order valence-electron chi connectivity index (χ2n) is 27.3. The van der Waals surface area contributed by atoms with E-state index in [4.69, 9.17) is 28.4 Å². The van der Waals surface area contributed by atoms with Crippen LogP contribution in [-0.2, 0) is 0 Å². The van der Waals surface area contributed by atoms with Crippen LogP contribution in [0.25, 0.3) is 0 Å². The third kappa shape index (κ3) is 32.1. The molecule has 0 atom stereocenters. The Balaban J connectivity index is 0.587. The van der Waals surface area contributed by atoms with Crippen LogP contribution in [0.5, 0.6) is 80.5 Å². The van der Waals surface area contributed by atoms with Crippen molar-refractivity contribution in [1.29, 1.82) is 0 Å². The summed E-state index contributed by atoms with van der Waals surface area (Å²) in [7, 11) is 0. The van der Waals surface area contributed by atoms with Gasteiger partial charge in [0.25, 0.3) is 0 Å². The molecule has 0 amide bonds. The average Bonchev–Trinajstić information content (AvgIpc) is 0.795. The summed E-state index contributed by atoms with van der Waals surface area (Å²) < 4.78 is 38.8. The molecule has 8 N–H and O–H groups in total. The molecule has 0 heterocycles. The zero-order valence-corrected chi connectivity index (χ0v) is 78.6. The fourth-order valence-electron chi connectivity index (χ4n) is 11.6. The molecule has 126 heavy (non-hydrogen) atoms. The topological polar surface area (TPSA) is 217 Å². The molecule has 0 spiro atoms. The number of phenolic OH excluding ortho intramolecular Hbond substituents is 8. The first-order valence-electron chi connectivity index (χ1n) is 39.5. The molecule has 0 fully saturated rings. The average molecular weight is 1940 g/mol. The molecule has 0 aliphatic rings. The zero-order chi connectivity index (χ0) is 87.0. The highest BCUT2D eigenvalue weighted by molar-refractivity contribution is 8.19. The van der Waals surface area contributed by atoms with Gasteiger partial charge in [0.05, 0.1) is 27.5 Å². The molecule has 646 valence electrons. The molecule has 0 aliphatic carbocycles. The van der Waals surface area contributed by atoms with Gasteiger partial charge in [0.1, 0.15) is 120 Å². The maximum absolute atomic E-state index is 9.98. The minimum atomic E-state index is -0.0709. The SMILES string of the molecule is Oc1ccc(SC(COc2ccc(SC(COc3ccc(SCCSc4ccc(OCC(Sc5ccc(OCC(Sc6ccc(O)cc6)Sc6ccc(O)cc6)cc5)Sc5ccc(OCC(Sc6ccc(O)cc6)Sc6ccc(O)cc6)cc5)cc4)cc3)Sc3ccc(OCC(Sc4ccc(O)cc4)Sc4ccc(O)cc4)cc3)cc2)Sc2ccc(O)cc2)cc1.